The normalized spacial score (nSPS) is 25.9. The average Bonchev–Trinajstić information content (AvgIpc) is 3.23. The molecule has 23 heavy (non-hydrogen) atoms. The molecular formula is C17H26N2O3S. The molecule has 0 bridgehead atoms. The topological polar surface area (TPSA) is 53.0 Å². The van der Waals surface area contributed by atoms with Crippen molar-refractivity contribution < 1.29 is 14.6 Å². The molecule has 2 saturated heterocycles. The van der Waals surface area contributed by atoms with Crippen molar-refractivity contribution in [3.8, 4) is 0 Å². The van der Waals surface area contributed by atoms with Gasteiger partial charge in [0.2, 0.25) is 5.91 Å². The van der Waals surface area contributed by atoms with Crippen LogP contribution in [0.2, 0.25) is 0 Å². The Morgan fingerprint density at radius 2 is 2.09 bits per heavy atom. The predicted octanol–water partition coefficient (Wildman–Crippen LogP) is 1.08. The molecule has 1 aromatic heterocycles. The highest BCUT2D eigenvalue weighted by Crippen LogP contribution is 2.25. The summed E-state index contributed by atoms with van der Waals surface area (Å²) < 4.78 is 5.39. The maximum atomic E-state index is 12.5. The molecule has 0 saturated carbocycles. The summed E-state index contributed by atoms with van der Waals surface area (Å²) in [6.07, 6.45) is 1.40. The fourth-order valence-electron chi connectivity index (χ4n) is 3.51. The summed E-state index contributed by atoms with van der Waals surface area (Å²) in [6.45, 7) is 6.12. The lowest BCUT2D eigenvalue weighted by molar-refractivity contribution is -0.130. The lowest BCUT2D eigenvalue weighted by Gasteiger charge is -2.30. The summed E-state index contributed by atoms with van der Waals surface area (Å²) in [5.41, 5.74) is 0. The van der Waals surface area contributed by atoms with Crippen LogP contribution in [0.25, 0.3) is 0 Å². The van der Waals surface area contributed by atoms with Gasteiger partial charge >= 0.3 is 0 Å². The van der Waals surface area contributed by atoms with Crippen molar-refractivity contribution in [2.24, 2.45) is 11.8 Å². The molecule has 3 heterocycles. The number of likely N-dealkylation sites (tertiary alicyclic amines) is 1. The molecule has 128 valence electrons. The van der Waals surface area contributed by atoms with Gasteiger partial charge in [0, 0.05) is 56.5 Å². The van der Waals surface area contributed by atoms with Gasteiger partial charge in [-0.2, -0.15) is 0 Å². The molecule has 6 heteroatoms. The van der Waals surface area contributed by atoms with Gasteiger partial charge in [0.25, 0.3) is 0 Å². The van der Waals surface area contributed by atoms with Crippen LogP contribution >= 0.6 is 11.3 Å². The van der Waals surface area contributed by atoms with E-state index in [0.717, 1.165) is 45.8 Å². The van der Waals surface area contributed by atoms with E-state index in [1.807, 2.05) is 11.0 Å². The van der Waals surface area contributed by atoms with Crippen LogP contribution in [0.5, 0.6) is 0 Å². The highest BCUT2D eigenvalue weighted by molar-refractivity contribution is 7.09. The number of thiophene rings is 1. The Labute approximate surface area is 141 Å². The molecule has 3 rings (SSSR count). The molecule has 2 aliphatic rings. The maximum Gasteiger partial charge on any atom is 0.222 e. The smallest absolute Gasteiger partial charge is 0.222 e. The summed E-state index contributed by atoms with van der Waals surface area (Å²) in [6, 6.07) is 4.11. The van der Waals surface area contributed by atoms with Crippen molar-refractivity contribution in [3.05, 3.63) is 22.4 Å². The minimum absolute atomic E-state index is 0.170. The Morgan fingerprint density at radius 3 is 2.78 bits per heavy atom. The molecule has 0 aromatic carbocycles. The zero-order chi connectivity index (χ0) is 16.1. The Balaban J connectivity index is 1.49. The molecule has 0 spiro atoms. The number of amides is 1. The molecule has 1 amide bonds. The Hall–Kier alpha value is -0.950. The first kappa shape index (κ1) is 16.9. The van der Waals surface area contributed by atoms with Crippen molar-refractivity contribution in [3.63, 3.8) is 0 Å². The summed E-state index contributed by atoms with van der Waals surface area (Å²) >= 11 is 1.71. The average molecular weight is 338 g/mol. The number of carbonyl (C=O) groups excluding carboxylic acids is 1. The fourth-order valence-corrected chi connectivity index (χ4v) is 4.22. The third kappa shape index (κ3) is 4.53. The van der Waals surface area contributed by atoms with Gasteiger partial charge in [0.15, 0.2) is 0 Å². The SMILES string of the molecule is O=C(CCc1cccs1)N1C[C@@H](CO)[C@@H](CN2CCOCC2)C1. The van der Waals surface area contributed by atoms with E-state index in [4.69, 9.17) is 4.74 Å². The van der Waals surface area contributed by atoms with Crippen LogP contribution < -0.4 is 0 Å². The van der Waals surface area contributed by atoms with Crippen LogP contribution in [0, 0.1) is 11.8 Å². The first-order chi connectivity index (χ1) is 11.3. The van der Waals surface area contributed by atoms with E-state index in [1.54, 1.807) is 11.3 Å². The number of aliphatic hydroxyl groups excluding tert-OH is 1. The molecule has 2 atom stereocenters. The van der Waals surface area contributed by atoms with Gasteiger partial charge in [-0.05, 0) is 23.8 Å². The number of ether oxygens (including phenoxy) is 1. The van der Waals surface area contributed by atoms with Crippen molar-refractivity contribution in [2.45, 2.75) is 12.8 Å². The number of aryl methyl sites for hydroxylation is 1. The zero-order valence-corrected chi connectivity index (χ0v) is 14.3. The first-order valence-corrected chi connectivity index (χ1v) is 9.35. The molecule has 0 aliphatic carbocycles. The number of nitrogens with zero attached hydrogens (tertiary/aromatic N) is 2. The molecule has 1 N–H and O–H groups in total. The van der Waals surface area contributed by atoms with Gasteiger partial charge < -0.3 is 14.7 Å². The second-order valence-electron chi connectivity index (χ2n) is 6.49. The van der Waals surface area contributed by atoms with E-state index in [9.17, 15) is 9.90 Å². The number of morpholine rings is 1. The van der Waals surface area contributed by atoms with Crippen LogP contribution in [0.3, 0.4) is 0 Å². The van der Waals surface area contributed by atoms with Crippen LogP contribution in [0.1, 0.15) is 11.3 Å². The van der Waals surface area contributed by atoms with Crippen LogP contribution in [-0.2, 0) is 16.0 Å². The van der Waals surface area contributed by atoms with E-state index >= 15 is 0 Å². The summed E-state index contributed by atoms with van der Waals surface area (Å²) in [7, 11) is 0. The molecular weight excluding hydrogens is 312 g/mol. The number of carbonyl (C=O) groups is 1. The van der Waals surface area contributed by atoms with E-state index in [0.29, 0.717) is 18.9 Å². The summed E-state index contributed by atoms with van der Waals surface area (Å²) in [4.78, 5) is 18.1. The summed E-state index contributed by atoms with van der Waals surface area (Å²) in [5, 5.41) is 11.7. The van der Waals surface area contributed by atoms with Crippen molar-refractivity contribution >= 4 is 17.2 Å². The van der Waals surface area contributed by atoms with Crippen molar-refractivity contribution in [1.29, 1.82) is 0 Å². The van der Waals surface area contributed by atoms with Gasteiger partial charge in [0.1, 0.15) is 0 Å². The predicted molar refractivity (Wildman–Crippen MR) is 90.5 cm³/mol. The van der Waals surface area contributed by atoms with E-state index < -0.39 is 0 Å². The first-order valence-electron chi connectivity index (χ1n) is 8.47. The largest absolute Gasteiger partial charge is 0.396 e. The van der Waals surface area contributed by atoms with E-state index in [2.05, 4.69) is 16.3 Å². The number of hydrogen-bond donors (Lipinski definition) is 1. The molecule has 5 nitrogen and oxygen atoms in total. The molecule has 1 aromatic rings. The quantitative estimate of drug-likeness (QED) is 0.843. The standard InChI is InChI=1S/C17H26N2O3S/c20-13-15-12-19(17(21)4-3-16-2-1-9-23-16)11-14(15)10-18-5-7-22-8-6-18/h1-2,9,14-15,20H,3-8,10-13H2/t14-,15-/m0/s1. The second kappa shape index (κ2) is 8.24. The van der Waals surface area contributed by atoms with Gasteiger partial charge in [0.05, 0.1) is 13.2 Å². The lowest BCUT2D eigenvalue weighted by atomic mass is 9.96. The number of hydrogen-bond acceptors (Lipinski definition) is 5. The minimum atomic E-state index is 0.170. The van der Waals surface area contributed by atoms with Crippen molar-refractivity contribution in [2.75, 3.05) is 52.5 Å². The monoisotopic (exact) mass is 338 g/mol. The van der Waals surface area contributed by atoms with Crippen molar-refractivity contribution in [1.82, 2.24) is 9.80 Å². The third-order valence-electron chi connectivity index (χ3n) is 4.93. The lowest BCUT2D eigenvalue weighted by Crippen LogP contribution is -2.41. The molecule has 2 aliphatic heterocycles. The van der Waals surface area contributed by atoms with Gasteiger partial charge in [-0.1, -0.05) is 6.07 Å². The molecule has 2 fully saturated rings. The second-order valence-corrected chi connectivity index (χ2v) is 7.53. The van der Waals surface area contributed by atoms with E-state index in [1.165, 1.54) is 4.88 Å². The van der Waals surface area contributed by atoms with Crippen LogP contribution in [0.15, 0.2) is 17.5 Å². The highest BCUT2D eigenvalue weighted by Gasteiger charge is 2.35. The Bertz CT molecular complexity index is 488. The van der Waals surface area contributed by atoms with Gasteiger partial charge in [-0.15, -0.1) is 11.3 Å². The van der Waals surface area contributed by atoms with Crippen LogP contribution in [0.4, 0.5) is 0 Å². The number of rotatable bonds is 6. The zero-order valence-electron chi connectivity index (χ0n) is 13.5. The fraction of sp³-hybridized carbons (Fsp3) is 0.706. The minimum Gasteiger partial charge on any atom is -0.396 e. The summed E-state index contributed by atoms with van der Waals surface area (Å²) in [5.74, 6) is 0.814. The number of aliphatic hydroxyl groups is 1. The Kier molecular flexibility index (Phi) is 6.05. The Morgan fingerprint density at radius 1 is 1.30 bits per heavy atom. The van der Waals surface area contributed by atoms with Gasteiger partial charge in [-0.3, -0.25) is 9.69 Å². The van der Waals surface area contributed by atoms with Crippen LogP contribution in [-0.4, -0.2) is 73.4 Å². The molecule has 0 radical (unpaired) electrons. The third-order valence-corrected chi connectivity index (χ3v) is 5.86. The maximum absolute atomic E-state index is 12.5. The molecule has 0 unspecified atom stereocenters. The highest BCUT2D eigenvalue weighted by atomic mass is 32.1. The van der Waals surface area contributed by atoms with E-state index in [-0.39, 0.29) is 18.4 Å². The van der Waals surface area contributed by atoms with Gasteiger partial charge in [-0.25, -0.2) is 0 Å².